The summed E-state index contributed by atoms with van der Waals surface area (Å²) >= 11 is 0. The van der Waals surface area contributed by atoms with Crippen molar-refractivity contribution in [2.75, 3.05) is 26.2 Å². The predicted molar refractivity (Wildman–Crippen MR) is 97.6 cm³/mol. The predicted octanol–water partition coefficient (Wildman–Crippen LogP) is 2.25. The monoisotopic (exact) mass is 312 g/mol. The zero-order valence-electron chi connectivity index (χ0n) is 15.8. The Morgan fingerprint density at radius 2 is 1.00 bits per heavy atom. The minimum absolute atomic E-state index is 0.204. The molecule has 4 nitrogen and oxygen atoms in total. The van der Waals surface area contributed by atoms with Crippen LogP contribution in [0.5, 0.6) is 0 Å². The highest BCUT2D eigenvalue weighted by atomic mass is 15.0. The van der Waals surface area contributed by atoms with E-state index < -0.39 is 0 Å². The van der Waals surface area contributed by atoms with E-state index >= 15 is 0 Å². The fourth-order valence-corrected chi connectivity index (χ4v) is 3.55. The normalized spacial score (nSPS) is 32.5. The summed E-state index contributed by atoms with van der Waals surface area (Å²) in [4.78, 5) is 0. The van der Waals surface area contributed by atoms with Gasteiger partial charge in [0.15, 0.2) is 0 Å². The molecule has 2 unspecified atom stereocenters. The van der Waals surface area contributed by atoms with Crippen LogP contribution < -0.4 is 21.3 Å². The van der Waals surface area contributed by atoms with Crippen LogP contribution in [0.1, 0.15) is 67.2 Å². The lowest BCUT2D eigenvalue weighted by Crippen LogP contribution is -2.48. The average Bonchev–Trinajstić information content (AvgIpc) is 2.35. The van der Waals surface area contributed by atoms with Gasteiger partial charge in [-0.3, -0.25) is 0 Å². The summed E-state index contributed by atoms with van der Waals surface area (Å²) in [7, 11) is 0. The molecule has 1 aliphatic rings. The third-order valence-electron chi connectivity index (χ3n) is 4.53. The summed E-state index contributed by atoms with van der Waals surface area (Å²) < 4.78 is 0. The molecule has 0 amide bonds. The Kier molecular flexibility index (Phi) is 8.33. The van der Waals surface area contributed by atoms with Crippen LogP contribution in [0, 0.1) is 0 Å². The second kappa shape index (κ2) is 9.21. The number of hydrogen-bond donors (Lipinski definition) is 4. The van der Waals surface area contributed by atoms with E-state index in [1.165, 1.54) is 12.8 Å². The first-order chi connectivity index (χ1) is 10.2. The topological polar surface area (TPSA) is 48.1 Å². The number of hydrogen-bond acceptors (Lipinski definition) is 4. The highest BCUT2D eigenvalue weighted by Crippen LogP contribution is 2.13. The molecular weight excluding hydrogens is 272 g/mol. The summed E-state index contributed by atoms with van der Waals surface area (Å²) in [5.41, 5.74) is 0.407. The van der Waals surface area contributed by atoms with Gasteiger partial charge in [0, 0.05) is 23.2 Å². The first kappa shape index (κ1) is 19.9. The molecule has 1 rings (SSSR count). The van der Waals surface area contributed by atoms with E-state index in [0.717, 1.165) is 39.0 Å². The van der Waals surface area contributed by atoms with E-state index in [2.05, 4.69) is 62.8 Å². The zero-order valence-corrected chi connectivity index (χ0v) is 15.8. The Morgan fingerprint density at radius 1 is 0.636 bits per heavy atom. The van der Waals surface area contributed by atoms with Crippen molar-refractivity contribution in [1.29, 1.82) is 0 Å². The maximum absolute atomic E-state index is 3.71. The summed E-state index contributed by atoms with van der Waals surface area (Å²) in [5.74, 6) is 0. The van der Waals surface area contributed by atoms with Gasteiger partial charge in [-0.25, -0.2) is 0 Å². The summed E-state index contributed by atoms with van der Waals surface area (Å²) in [6.07, 6.45) is 4.69. The molecule has 0 bridgehead atoms. The SMILES string of the molecule is CC1CC(C)(C)NCCCNC(C)CC(C)(C)NCCCN1. The van der Waals surface area contributed by atoms with E-state index in [9.17, 15) is 0 Å². The van der Waals surface area contributed by atoms with Gasteiger partial charge in [0.05, 0.1) is 0 Å². The van der Waals surface area contributed by atoms with Crippen molar-refractivity contribution >= 4 is 0 Å². The summed E-state index contributed by atoms with van der Waals surface area (Å²) in [5, 5.41) is 14.7. The smallest absolute Gasteiger partial charge is 0.0139 e. The Morgan fingerprint density at radius 3 is 1.36 bits per heavy atom. The summed E-state index contributed by atoms with van der Waals surface area (Å²) in [6, 6.07) is 1.11. The van der Waals surface area contributed by atoms with Gasteiger partial charge in [-0.2, -0.15) is 0 Å². The third kappa shape index (κ3) is 9.09. The van der Waals surface area contributed by atoms with Crippen molar-refractivity contribution in [3.05, 3.63) is 0 Å². The van der Waals surface area contributed by atoms with E-state index in [0.29, 0.717) is 12.1 Å². The fraction of sp³-hybridized carbons (Fsp3) is 1.00. The van der Waals surface area contributed by atoms with Crippen LogP contribution in [0.4, 0.5) is 0 Å². The van der Waals surface area contributed by atoms with Crippen molar-refractivity contribution in [3.63, 3.8) is 0 Å². The molecule has 1 heterocycles. The average molecular weight is 313 g/mol. The van der Waals surface area contributed by atoms with Crippen LogP contribution in [0.3, 0.4) is 0 Å². The molecule has 4 N–H and O–H groups in total. The molecule has 22 heavy (non-hydrogen) atoms. The van der Waals surface area contributed by atoms with Gasteiger partial charge in [-0.1, -0.05) is 0 Å². The Balaban J connectivity index is 2.51. The minimum Gasteiger partial charge on any atom is -0.314 e. The molecule has 4 heteroatoms. The second-order valence-corrected chi connectivity index (χ2v) is 8.45. The highest BCUT2D eigenvalue weighted by Gasteiger charge is 2.22. The van der Waals surface area contributed by atoms with Gasteiger partial charge in [0.1, 0.15) is 0 Å². The molecule has 0 spiro atoms. The van der Waals surface area contributed by atoms with Crippen molar-refractivity contribution in [2.24, 2.45) is 0 Å². The lowest BCUT2D eigenvalue weighted by atomic mass is 9.95. The van der Waals surface area contributed by atoms with Crippen LogP contribution in [0.25, 0.3) is 0 Å². The molecule has 1 aliphatic heterocycles. The fourth-order valence-electron chi connectivity index (χ4n) is 3.55. The van der Waals surface area contributed by atoms with Crippen LogP contribution >= 0.6 is 0 Å². The second-order valence-electron chi connectivity index (χ2n) is 8.45. The van der Waals surface area contributed by atoms with E-state index in [-0.39, 0.29) is 11.1 Å². The molecule has 0 radical (unpaired) electrons. The van der Waals surface area contributed by atoms with Gasteiger partial charge >= 0.3 is 0 Å². The van der Waals surface area contributed by atoms with Crippen LogP contribution in [0.2, 0.25) is 0 Å². The molecule has 2 atom stereocenters. The van der Waals surface area contributed by atoms with Gasteiger partial charge < -0.3 is 21.3 Å². The van der Waals surface area contributed by atoms with E-state index in [1.807, 2.05) is 0 Å². The van der Waals surface area contributed by atoms with Gasteiger partial charge in [0.2, 0.25) is 0 Å². The van der Waals surface area contributed by atoms with Crippen molar-refractivity contribution in [3.8, 4) is 0 Å². The largest absolute Gasteiger partial charge is 0.314 e. The molecular formula is C18H40N4. The Hall–Kier alpha value is -0.160. The molecule has 0 aromatic rings. The maximum Gasteiger partial charge on any atom is 0.0139 e. The number of rotatable bonds is 0. The number of nitrogens with one attached hydrogen (secondary N) is 4. The Bertz CT molecular complexity index is 271. The quantitative estimate of drug-likeness (QED) is 0.554. The van der Waals surface area contributed by atoms with Crippen LogP contribution in [-0.4, -0.2) is 49.3 Å². The van der Waals surface area contributed by atoms with Crippen LogP contribution in [-0.2, 0) is 0 Å². The molecule has 132 valence electrons. The first-order valence-corrected chi connectivity index (χ1v) is 9.17. The van der Waals surface area contributed by atoms with E-state index in [1.54, 1.807) is 0 Å². The molecule has 1 saturated heterocycles. The minimum atomic E-state index is 0.204. The van der Waals surface area contributed by atoms with Crippen molar-refractivity contribution in [1.82, 2.24) is 21.3 Å². The zero-order chi connectivity index (χ0) is 16.6. The molecule has 0 aromatic heterocycles. The molecule has 0 aromatic carbocycles. The van der Waals surface area contributed by atoms with E-state index in [4.69, 9.17) is 0 Å². The maximum atomic E-state index is 3.71. The van der Waals surface area contributed by atoms with Crippen molar-refractivity contribution < 1.29 is 0 Å². The van der Waals surface area contributed by atoms with Gasteiger partial charge in [-0.05, 0) is 93.4 Å². The Labute approximate surface area is 138 Å². The highest BCUT2D eigenvalue weighted by molar-refractivity contribution is 4.84. The van der Waals surface area contributed by atoms with Gasteiger partial charge in [-0.15, -0.1) is 0 Å². The van der Waals surface area contributed by atoms with Crippen LogP contribution in [0.15, 0.2) is 0 Å². The van der Waals surface area contributed by atoms with Gasteiger partial charge in [0.25, 0.3) is 0 Å². The molecule has 0 saturated carbocycles. The lowest BCUT2D eigenvalue weighted by molar-refractivity contribution is 0.294. The lowest BCUT2D eigenvalue weighted by Gasteiger charge is -2.32. The van der Waals surface area contributed by atoms with Crippen molar-refractivity contribution in [2.45, 2.75) is 90.4 Å². The molecule has 1 fully saturated rings. The standard InChI is InChI=1S/C18H40N4/c1-15-13-17(3,4)21-12-8-10-20-16(2)14-18(5,6)22-11-7-9-19-15/h15-16,19-22H,7-14H2,1-6H3. The summed E-state index contributed by atoms with van der Waals surface area (Å²) in [6.45, 7) is 18.2. The molecule has 0 aliphatic carbocycles. The first-order valence-electron chi connectivity index (χ1n) is 9.17. The third-order valence-corrected chi connectivity index (χ3v) is 4.53.